The third-order valence-electron chi connectivity index (χ3n) is 3.19. The van der Waals surface area contributed by atoms with E-state index in [-0.39, 0.29) is 5.82 Å². The van der Waals surface area contributed by atoms with Crippen molar-refractivity contribution in [1.82, 2.24) is 5.32 Å². The Morgan fingerprint density at radius 1 is 1.50 bits per heavy atom. The number of benzene rings is 1. The lowest BCUT2D eigenvalue weighted by Crippen LogP contribution is -2.30. The first kappa shape index (κ1) is 12.1. The molecule has 1 aromatic carbocycles. The van der Waals surface area contributed by atoms with Gasteiger partial charge >= 0.3 is 0 Å². The standard InChI is InChI=1S/C13H17BrFN/c1-2-13(9-3-4-9)16-8-10-7-11(14)5-6-12(10)15/h5-7,9,13,16H,2-4,8H2,1H3. The maximum absolute atomic E-state index is 13.5. The second-order valence-corrected chi connectivity index (χ2v) is 5.38. The average Bonchev–Trinajstić information content (AvgIpc) is 3.08. The van der Waals surface area contributed by atoms with Crippen LogP contribution in [0.5, 0.6) is 0 Å². The molecule has 1 fully saturated rings. The van der Waals surface area contributed by atoms with Gasteiger partial charge in [0.05, 0.1) is 0 Å². The van der Waals surface area contributed by atoms with Crippen LogP contribution in [0, 0.1) is 11.7 Å². The Balaban J connectivity index is 1.95. The van der Waals surface area contributed by atoms with Crippen molar-refractivity contribution in [3.05, 3.63) is 34.1 Å². The van der Waals surface area contributed by atoms with Crippen LogP contribution >= 0.6 is 15.9 Å². The zero-order valence-electron chi connectivity index (χ0n) is 9.47. The topological polar surface area (TPSA) is 12.0 Å². The minimum absolute atomic E-state index is 0.124. The summed E-state index contributed by atoms with van der Waals surface area (Å²) in [6.07, 6.45) is 3.78. The largest absolute Gasteiger partial charge is 0.310 e. The smallest absolute Gasteiger partial charge is 0.127 e. The first-order valence-electron chi connectivity index (χ1n) is 5.88. The molecule has 0 bridgehead atoms. The fourth-order valence-corrected chi connectivity index (χ4v) is 2.47. The van der Waals surface area contributed by atoms with Gasteiger partial charge in [-0.2, -0.15) is 0 Å². The van der Waals surface area contributed by atoms with Gasteiger partial charge in [0.1, 0.15) is 5.82 Å². The van der Waals surface area contributed by atoms with E-state index in [0.717, 1.165) is 22.4 Å². The van der Waals surface area contributed by atoms with Crippen LogP contribution in [0.2, 0.25) is 0 Å². The van der Waals surface area contributed by atoms with Gasteiger partial charge < -0.3 is 5.32 Å². The van der Waals surface area contributed by atoms with Gasteiger partial charge in [0, 0.05) is 22.6 Å². The van der Waals surface area contributed by atoms with Crippen LogP contribution in [0.4, 0.5) is 4.39 Å². The van der Waals surface area contributed by atoms with Gasteiger partial charge in [-0.25, -0.2) is 4.39 Å². The van der Waals surface area contributed by atoms with Crippen LogP contribution in [-0.4, -0.2) is 6.04 Å². The maximum atomic E-state index is 13.5. The lowest BCUT2D eigenvalue weighted by molar-refractivity contribution is 0.443. The maximum Gasteiger partial charge on any atom is 0.127 e. The lowest BCUT2D eigenvalue weighted by Gasteiger charge is -2.16. The molecule has 0 amide bonds. The van der Waals surface area contributed by atoms with Crippen molar-refractivity contribution >= 4 is 15.9 Å². The van der Waals surface area contributed by atoms with E-state index in [9.17, 15) is 4.39 Å². The highest BCUT2D eigenvalue weighted by atomic mass is 79.9. The highest BCUT2D eigenvalue weighted by Gasteiger charge is 2.29. The summed E-state index contributed by atoms with van der Waals surface area (Å²) >= 11 is 3.37. The lowest BCUT2D eigenvalue weighted by atomic mass is 10.1. The summed E-state index contributed by atoms with van der Waals surface area (Å²) in [4.78, 5) is 0. The Hall–Kier alpha value is -0.410. The van der Waals surface area contributed by atoms with E-state index < -0.39 is 0 Å². The predicted molar refractivity (Wildman–Crippen MR) is 67.7 cm³/mol. The van der Waals surface area contributed by atoms with Crippen LogP contribution in [0.25, 0.3) is 0 Å². The van der Waals surface area contributed by atoms with Gasteiger partial charge in [-0.15, -0.1) is 0 Å². The van der Waals surface area contributed by atoms with Crippen molar-refractivity contribution in [2.24, 2.45) is 5.92 Å². The Bertz CT molecular complexity index is 363. The molecular formula is C13H17BrFN. The van der Waals surface area contributed by atoms with Crippen LogP contribution in [-0.2, 0) is 6.54 Å². The predicted octanol–water partition coefficient (Wildman–Crippen LogP) is 3.87. The average molecular weight is 286 g/mol. The Kier molecular flexibility index (Phi) is 3.98. The molecule has 16 heavy (non-hydrogen) atoms. The number of halogens is 2. The summed E-state index contributed by atoms with van der Waals surface area (Å²) in [5.74, 6) is 0.696. The van der Waals surface area contributed by atoms with Crippen molar-refractivity contribution < 1.29 is 4.39 Å². The highest BCUT2D eigenvalue weighted by Crippen LogP contribution is 2.34. The summed E-state index contributed by atoms with van der Waals surface area (Å²) < 4.78 is 14.4. The molecule has 3 heteroatoms. The first-order valence-corrected chi connectivity index (χ1v) is 6.67. The number of hydrogen-bond acceptors (Lipinski definition) is 1. The minimum atomic E-state index is -0.124. The molecule has 1 aliphatic rings. The van der Waals surface area contributed by atoms with E-state index >= 15 is 0 Å². The molecule has 0 spiro atoms. The van der Waals surface area contributed by atoms with Crippen molar-refractivity contribution in [2.45, 2.75) is 38.8 Å². The molecule has 1 nitrogen and oxygen atoms in total. The molecule has 2 rings (SSSR count). The van der Waals surface area contributed by atoms with Crippen molar-refractivity contribution in [2.75, 3.05) is 0 Å². The van der Waals surface area contributed by atoms with Gasteiger partial charge in [0.25, 0.3) is 0 Å². The van der Waals surface area contributed by atoms with Crippen LogP contribution in [0.15, 0.2) is 22.7 Å². The molecule has 1 atom stereocenters. The number of hydrogen-bond donors (Lipinski definition) is 1. The third-order valence-corrected chi connectivity index (χ3v) is 3.69. The molecule has 1 aromatic rings. The van der Waals surface area contributed by atoms with Gasteiger partial charge in [0.2, 0.25) is 0 Å². The van der Waals surface area contributed by atoms with E-state index in [1.807, 2.05) is 6.07 Å². The molecule has 1 N–H and O–H groups in total. The molecule has 0 aromatic heterocycles. The Morgan fingerprint density at radius 3 is 2.88 bits per heavy atom. The summed E-state index contributed by atoms with van der Waals surface area (Å²) in [7, 11) is 0. The van der Waals surface area contributed by atoms with Gasteiger partial charge in [-0.05, 0) is 43.4 Å². The SMILES string of the molecule is CCC(NCc1cc(Br)ccc1F)C1CC1. The zero-order chi connectivity index (χ0) is 11.5. The second kappa shape index (κ2) is 5.28. The van der Waals surface area contributed by atoms with Crippen molar-refractivity contribution in [1.29, 1.82) is 0 Å². The van der Waals surface area contributed by atoms with Crippen LogP contribution in [0.3, 0.4) is 0 Å². The first-order chi connectivity index (χ1) is 7.70. The van der Waals surface area contributed by atoms with E-state index in [4.69, 9.17) is 0 Å². The molecular weight excluding hydrogens is 269 g/mol. The van der Waals surface area contributed by atoms with E-state index in [1.54, 1.807) is 6.07 Å². The second-order valence-electron chi connectivity index (χ2n) is 4.47. The normalized spacial score (nSPS) is 17.4. The van der Waals surface area contributed by atoms with Crippen LogP contribution < -0.4 is 5.32 Å². The fraction of sp³-hybridized carbons (Fsp3) is 0.538. The van der Waals surface area contributed by atoms with Gasteiger partial charge in [-0.3, -0.25) is 0 Å². The fourth-order valence-electron chi connectivity index (χ4n) is 2.06. The summed E-state index contributed by atoms with van der Waals surface area (Å²) in [6.45, 7) is 2.81. The van der Waals surface area contributed by atoms with Crippen molar-refractivity contribution in [3.8, 4) is 0 Å². The Labute approximate surface area is 105 Å². The molecule has 1 saturated carbocycles. The number of rotatable bonds is 5. The van der Waals surface area contributed by atoms with E-state index in [2.05, 4.69) is 28.2 Å². The zero-order valence-corrected chi connectivity index (χ0v) is 11.1. The Morgan fingerprint density at radius 2 is 2.25 bits per heavy atom. The molecule has 1 aliphatic carbocycles. The van der Waals surface area contributed by atoms with Crippen LogP contribution in [0.1, 0.15) is 31.7 Å². The van der Waals surface area contributed by atoms with Gasteiger partial charge in [0.15, 0.2) is 0 Å². The quantitative estimate of drug-likeness (QED) is 0.866. The molecule has 1 unspecified atom stereocenters. The summed E-state index contributed by atoms with van der Waals surface area (Å²) in [5.41, 5.74) is 0.744. The third kappa shape index (κ3) is 3.05. The van der Waals surface area contributed by atoms with Gasteiger partial charge in [-0.1, -0.05) is 22.9 Å². The summed E-state index contributed by atoms with van der Waals surface area (Å²) in [6, 6.07) is 5.65. The minimum Gasteiger partial charge on any atom is -0.310 e. The van der Waals surface area contributed by atoms with E-state index in [0.29, 0.717) is 12.6 Å². The van der Waals surface area contributed by atoms with E-state index in [1.165, 1.54) is 18.9 Å². The molecule has 0 aliphatic heterocycles. The molecule has 0 radical (unpaired) electrons. The highest BCUT2D eigenvalue weighted by molar-refractivity contribution is 9.10. The molecule has 0 heterocycles. The summed E-state index contributed by atoms with van der Waals surface area (Å²) in [5, 5.41) is 3.45. The molecule has 0 saturated heterocycles. The number of nitrogens with one attached hydrogen (secondary N) is 1. The molecule has 88 valence electrons. The van der Waals surface area contributed by atoms with Crippen molar-refractivity contribution in [3.63, 3.8) is 0 Å². The monoisotopic (exact) mass is 285 g/mol.